The Kier molecular flexibility index (Phi) is 5.50. The van der Waals surface area contributed by atoms with Gasteiger partial charge in [0.25, 0.3) is 5.91 Å². The molecule has 0 aliphatic rings. The van der Waals surface area contributed by atoms with E-state index in [1.165, 1.54) is 23.1 Å². The average molecular weight is 409 g/mol. The number of benzene rings is 2. The lowest BCUT2D eigenvalue weighted by molar-refractivity contribution is 0.102. The second kappa shape index (κ2) is 8.37. The molecule has 0 bridgehead atoms. The Morgan fingerprint density at radius 1 is 1.11 bits per heavy atom. The van der Waals surface area contributed by atoms with Gasteiger partial charge in [0, 0.05) is 16.5 Å². The van der Waals surface area contributed by atoms with E-state index in [2.05, 4.69) is 20.7 Å². The van der Waals surface area contributed by atoms with Crippen molar-refractivity contribution in [3.05, 3.63) is 77.7 Å². The van der Waals surface area contributed by atoms with Crippen LogP contribution in [0.2, 0.25) is 0 Å². The summed E-state index contributed by atoms with van der Waals surface area (Å²) in [6.07, 6.45) is 0. The van der Waals surface area contributed by atoms with Gasteiger partial charge in [0.2, 0.25) is 5.13 Å². The Hall–Kier alpha value is -2.97. The molecule has 0 saturated heterocycles. The maximum atomic E-state index is 12.8. The fraction of sp³-hybridized carbons (Fsp3) is 0.100. The van der Waals surface area contributed by atoms with E-state index in [4.69, 9.17) is 4.52 Å². The van der Waals surface area contributed by atoms with Crippen molar-refractivity contribution in [2.45, 2.75) is 17.6 Å². The number of aromatic nitrogens is 3. The number of thioether (sulfide) groups is 1. The Morgan fingerprint density at radius 3 is 2.68 bits per heavy atom. The first-order chi connectivity index (χ1) is 13.7. The van der Waals surface area contributed by atoms with Gasteiger partial charge in [-0.3, -0.25) is 10.1 Å². The molecular weight excluding hydrogens is 392 g/mol. The zero-order valence-corrected chi connectivity index (χ0v) is 16.6. The highest BCUT2D eigenvalue weighted by Gasteiger charge is 2.15. The van der Waals surface area contributed by atoms with Crippen LogP contribution in [0.1, 0.15) is 21.8 Å². The summed E-state index contributed by atoms with van der Waals surface area (Å²) >= 11 is 2.87. The summed E-state index contributed by atoms with van der Waals surface area (Å²) in [6, 6.07) is 19.1. The molecule has 140 valence electrons. The first kappa shape index (κ1) is 18.4. The van der Waals surface area contributed by atoms with Gasteiger partial charge < -0.3 is 4.52 Å². The number of hydrogen-bond donors (Lipinski definition) is 1. The third-order valence-electron chi connectivity index (χ3n) is 3.84. The van der Waals surface area contributed by atoms with Crippen LogP contribution in [0.3, 0.4) is 0 Å². The molecule has 0 unspecified atom stereocenters. The molecule has 1 amide bonds. The van der Waals surface area contributed by atoms with Crippen LogP contribution >= 0.6 is 23.1 Å². The molecule has 4 rings (SSSR count). The van der Waals surface area contributed by atoms with Crippen LogP contribution in [-0.4, -0.2) is 21.3 Å². The zero-order valence-electron chi connectivity index (χ0n) is 15.0. The summed E-state index contributed by atoms with van der Waals surface area (Å²) in [7, 11) is 0. The van der Waals surface area contributed by atoms with Crippen molar-refractivity contribution in [2.75, 3.05) is 5.32 Å². The summed E-state index contributed by atoms with van der Waals surface area (Å²) in [5.41, 5.74) is 2.39. The van der Waals surface area contributed by atoms with Crippen molar-refractivity contribution in [1.82, 2.24) is 15.4 Å². The van der Waals surface area contributed by atoms with Crippen LogP contribution in [0.4, 0.5) is 5.13 Å². The zero-order chi connectivity index (χ0) is 19.3. The lowest BCUT2D eigenvalue weighted by Crippen LogP contribution is -2.12. The summed E-state index contributed by atoms with van der Waals surface area (Å²) in [6.45, 7) is 1.88. The molecule has 2 aromatic carbocycles. The number of carbonyl (C=O) groups excluding carboxylic acids is 1. The second-order valence-electron chi connectivity index (χ2n) is 5.95. The van der Waals surface area contributed by atoms with Gasteiger partial charge in [-0.2, -0.15) is 0 Å². The van der Waals surface area contributed by atoms with Crippen LogP contribution in [0.25, 0.3) is 10.6 Å². The number of hydrogen-bond acceptors (Lipinski definition) is 7. The van der Waals surface area contributed by atoms with Gasteiger partial charge in [0.05, 0.1) is 17.0 Å². The molecule has 2 aromatic heterocycles. The molecule has 8 heteroatoms. The minimum absolute atomic E-state index is 0.215. The van der Waals surface area contributed by atoms with Crippen LogP contribution in [-0.2, 0) is 5.75 Å². The molecule has 0 fully saturated rings. The van der Waals surface area contributed by atoms with Crippen LogP contribution < -0.4 is 5.32 Å². The van der Waals surface area contributed by atoms with E-state index in [1.54, 1.807) is 6.07 Å². The Labute approximate surface area is 170 Å². The topological polar surface area (TPSA) is 80.9 Å². The van der Waals surface area contributed by atoms with Gasteiger partial charge in [-0.05, 0) is 19.1 Å². The van der Waals surface area contributed by atoms with Crippen molar-refractivity contribution >= 4 is 34.1 Å². The van der Waals surface area contributed by atoms with Gasteiger partial charge in [-0.25, -0.2) is 0 Å². The van der Waals surface area contributed by atoms with E-state index in [0.29, 0.717) is 16.4 Å². The maximum absolute atomic E-state index is 12.8. The fourth-order valence-electron chi connectivity index (χ4n) is 2.55. The van der Waals surface area contributed by atoms with Crippen molar-refractivity contribution < 1.29 is 9.32 Å². The number of nitrogens with one attached hydrogen (secondary N) is 1. The van der Waals surface area contributed by atoms with E-state index in [0.717, 1.165) is 26.9 Å². The fourth-order valence-corrected chi connectivity index (χ4v) is 4.22. The van der Waals surface area contributed by atoms with Crippen molar-refractivity contribution in [1.29, 1.82) is 0 Å². The number of carbonyl (C=O) groups is 1. The minimum Gasteiger partial charge on any atom is -0.360 e. The third-order valence-corrected chi connectivity index (χ3v) is 5.83. The Bertz CT molecular complexity index is 1090. The molecule has 2 heterocycles. The smallest absolute Gasteiger partial charge is 0.258 e. The van der Waals surface area contributed by atoms with E-state index < -0.39 is 0 Å². The Balaban J connectivity index is 1.47. The molecule has 0 aliphatic heterocycles. The summed E-state index contributed by atoms with van der Waals surface area (Å²) < 4.78 is 5.24. The minimum atomic E-state index is -0.215. The van der Waals surface area contributed by atoms with Gasteiger partial charge in [-0.15, -0.1) is 22.0 Å². The normalized spacial score (nSPS) is 10.8. The highest BCUT2D eigenvalue weighted by Crippen LogP contribution is 2.29. The van der Waals surface area contributed by atoms with E-state index in [-0.39, 0.29) is 5.91 Å². The number of aryl methyl sites for hydroxylation is 1. The largest absolute Gasteiger partial charge is 0.360 e. The number of amides is 1. The molecule has 0 aliphatic carbocycles. The van der Waals surface area contributed by atoms with Crippen LogP contribution in [0, 0.1) is 6.92 Å². The first-order valence-electron chi connectivity index (χ1n) is 8.53. The van der Waals surface area contributed by atoms with Crippen molar-refractivity contribution in [3.8, 4) is 10.6 Å². The highest BCUT2D eigenvalue weighted by molar-refractivity contribution is 7.98. The molecule has 1 N–H and O–H groups in total. The number of nitrogens with zero attached hydrogens (tertiary/aromatic N) is 3. The lowest BCUT2D eigenvalue weighted by Gasteiger charge is -2.07. The van der Waals surface area contributed by atoms with E-state index in [9.17, 15) is 4.79 Å². The van der Waals surface area contributed by atoms with Gasteiger partial charge in [0.1, 0.15) is 10.8 Å². The molecule has 4 aromatic rings. The van der Waals surface area contributed by atoms with Gasteiger partial charge in [0.15, 0.2) is 0 Å². The van der Waals surface area contributed by atoms with E-state index in [1.807, 2.05) is 61.5 Å². The first-order valence-corrected chi connectivity index (χ1v) is 10.3. The molecule has 6 nitrogen and oxygen atoms in total. The molecule has 0 radical (unpaired) electrons. The lowest BCUT2D eigenvalue weighted by atomic mass is 10.2. The SMILES string of the molecule is Cc1cc(CSc2ccccc2C(=O)Nc2nnc(-c3ccccc3)s2)on1. The van der Waals surface area contributed by atoms with E-state index >= 15 is 0 Å². The number of anilines is 1. The van der Waals surface area contributed by atoms with Crippen molar-refractivity contribution in [3.63, 3.8) is 0 Å². The molecule has 0 saturated carbocycles. The molecule has 0 spiro atoms. The van der Waals surface area contributed by atoms with Crippen LogP contribution in [0.5, 0.6) is 0 Å². The molecule has 28 heavy (non-hydrogen) atoms. The summed E-state index contributed by atoms with van der Waals surface area (Å²) in [5, 5.41) is 16.2. The van der Waals surface area contributed by atoms with Crippen LogP contribution in [0.15, 0.2) is 70.1 Å². The standard InChI is InChI=1S/C20H16N4O2S2/c1-13-11-15(26-24-13)12-27-17-10-6-5-9-16(17)18(25)21-20-23-22-19(28-20)14-7-3-2-4-8-14/h2-11H,12H2,1H3,(H,21,23,25). The average Bonchev–Trinajstić information content (AvgIpc) is 3.36. The maximum Gasteiger partial charge on any atom is 0.258 e. The highest BCUT2D eigenvalue weighted by atomic mass is 32.2. The monoisotopic (exact) mass is 408 g/mol. The molecule has 0 atom stereocenters. The van der Waals surface area contributed by atoms with Gasteiger partial charge >= 0.3 is 0 Å². The van der Waals surface area contributed by atoms with Crippen molar-refractivity contribution in [2.24, 2.45) is 0 Å². The quantitative estimate of drug-likeness (QED) is 0.450. The van der Waals surface area contributed by atoms with Gasteiger partial charge in [-0.1, -0.05) is 59.0 Å². The predicted octanol–water partition coefficient (Wildman–Crippen LogP) is 5.05. The molecular formula is C20H16N4O2S2. The Morgan fingerprint density at radius 2 is 1.89 bits per heavy atom. The second-order valence-corrected chi connectivity index (χ2v) is 7.95. The summed E-state index contributed by atoms with van der Waals surface area (Å²) in [5.74, 6) is 1.16. The number of rotatable bonds is 6. The summed E-state index contributed by atoms with van der Waals surface area (Å²) in [4.78, 5) is 13.6. The third kappa shape index (κ3) is 4.29. The predicted molar refractivity (Wildman–Crippen MR) is 111 cm³/mol.